The SMILES string of the molecule is O=[N+]([O-])c1c(NNc2ccccc2)ncnc1-n1nnc2ccccc21. The molecule has 0 fully saturated rings. The van der Waals surface area contributed by atoms with Crippen LogP contribution in [0.5, 0.6) is 0 Å². The molecule has 4 rings (SSSR count). The van der Waals surface area contributed by atoms with Crippen LogP contribution >= 0.6 is 0 Å². The normalized spacial score (nSPS) is 10.6. The summed E-state index contributed by atoms with van der Waals surface area (Å²) in [6, 6.07) is 16.3. The number of hydrogen-bond donors (Lipinski definition) is 2. The molecule has 2 N–H and O–H groups in total. The number of nitrogens with zero attached hydrogens (tertiary/aromatic N) is 6. The zero-order valence-electron chi connectivity index (χ0n) is 13.3. The molecule has 0 saturated heterocycles. The molecule has 2 heterocycles. The Morgan fingerprint density at radius 3 is 2.54 bits per heavy atom. The minimum atomic E-state index is -0.555. The molecule has 0 saturated carbocycles. The number of para-hydroxylation sites is 2. The Hall–Kier alpha value is -4.08. The van der Waals surface area contributed by atoms with Crippen molar-refractivity contribution < 1.29 is 4.92 Å². The molecule has 26 heavy (non-hydrogen) atoms. The summed E-state index contributed by atoms with van der Waals surface area (Å²) in [4.78, 5) is 19.2. The molecule has 0 aliphatic carbocycles. The number of benzene rings is 2. The first kappa shape index (κ1) is 15.4. The molecule has 4 aromatic rings. The first-order valence-corrected chi connectivity index (χ1v) is 7.61. The molecule has 10 heteroatoms. The molecule has 0 spiro atoms. The van der Waals surface area contributed by atoms with Crippen LogP contribution in [0.3, 0.4) is 0 Å². The molecule has 0 amide bonds. The van der Waals surface area contributed by atoms with E-state index in [1.54, 1.807) is 18.2 Å². The van der Waals surface area contributed by atoms with Crippen LogP contribution in [0.15, 0.2) is 60.9 Å². The summed E-state index contributed by atoms with van der Waals surface area (Å²) in [5, 5.41) is 19.7. The monoisotopic (exact) mass is 348 g/mol. The average molecular weight is 348 g/mol. The number of fused-ring (bicyclic) bond motifs is 1. The van der Waals surface area contributed by atoms with E-state index in [2.05, 4.69) is 31.1 Å². The fourth-order valence-corrected chi connectivity index (χ4v) is 2.46. The first-order valence-electron chi connectivity index (χ1n) is 7.61. The smallest absolute Gasteiger partial charge is 0.299 e. The van der Waals surface area contributed by atoms with Gasteiger partial charge in [0.25, 0.3) is 0 Å². The van der Waals surface area contributed by atoms with Gasteiger partial charge in [0.15, 0.2) is 0 Å². The number of hydrazine groups is 1. The second-order valence-electron chi connectivity index (χ2n) is 5.26. The summed E-state index contributed by atoms with van der Waals surface area (Å²) in [5.41, 5.74) is 7.27. The molecule has 0 bridgehead atoms. The fraction of sp³-hybridized carbons (Fsp3) is 0. The van der Waals surface area contributed by atoms with Crippen molar-refractivity contribution in [1.82, 2.24) is 25.0 Å². The first-order chi connectivity index (χ1) is 12.7. The summed E-state index contributed by atoms with van der Waals surface area (Å²) >= 11 is 0. The molecule has 0 radical (unpaired) electrons. The molecule has 2 aromatic carbocycles. The maximum Gasteiger partial charge on any atom is 0.357 e. The lowest BCUT2D eigenvalue weighted by atomic mass is 10.3. The van der Waals surface area contributed by atoms with E-state index in [-0.39, 0.29) is 17.3 Å². The van der Waals surface area contributed by atoms with Gasteiger partial charge in [0, 0.05) is 0 Å². The Balaban J connectivity index is 1.77. The number of nitrogens with one attached hydrogen (secondary N) is 2. The van der Waals surface area contributed by atoms with Crippen molar-refractivity contribution in [2.75, 3.05) is 10.9 Å². The number of hydrogen-bond acceptors (Lipinski definition) is 8. The van der Waals surface area contributed by atoms with Gasteiger partial charge in [0.05, 0.1) is 16.1 Å². The Kier molecular flexibility index (Phi) is 3.82. The van der Waals surface area contributed by atoms with Crippen molar-refractivity contribution in [3.05, 3.63) is 71.0 Å². The van der Waals surface area contributed by atoms with Crippen molar-refractivity contribution in [3.8, 4) is 5.82 Å². The lowest BCUT2D eigenvalue weighted by molar-refractivity contribution is -0.384. The summed E-state index contributed by atoms with van der Waals surface area (Å²) < 4.78 is 1.32. The van der Waals surface area contributed by atoms with Crippen LogP contribution in [-0.2, 0) is 0 Å². The summed E-state index contributed by atoms with van der Waals surface area (Å²) in [7, 11) is 0. The quantitative estimate of drug-likeness (QED) is 0.416. The van der Waals surface area contributed by atoms with Gasteiger partial charge < -0.3 is 0 Å². The highest BCUT2D eigenvalue weighted by Gasteiger charge is 2.26. The molecular weight excluding hydrogens is 336 g/mol. The molecular formula is C16H12N8O2. The van der Waals surface area contributed by atoms with E-state index in [1.165, 1.54) is 11.0 Å². The Labute approximate surface area is 146 Å². The van der Waals surface area contributed by atoms with Gasteiger partial charge in [-0.25, -0.2) is 9.97 Å². The predicted octanol–water partition coefficient (Wildman–Crippen LogP) is 2.56. The van der Waals surface area contributed by atoms with Crippen molar-refractivity contribution >= 4 is 28.2 Å². The Bertz CT molecular complexity index is 1080. The minimum Gasteiger partial charge on any atom is -0.299 e. The standard InChI is InChI=1S/C16H12N8O2/c25-24(26)14-15(21-19-11-6-2-1-3-7-11)17-10-18-16(14)23-13-9-5-4-8-12(13)20-22-23/h1-10,19H,(H,17,18,21). The molecule has 0 aliphatic heterocycles. The second-order valence-corrected chi connectivity index (χ2v) is 5.26. The third-order valence-corrected chi connectivity index (χ3v) is 3.64. The summed E-state index contributed by atoms with van der Waals surface area (Å²) in [6.07, 6.45) is 1.23. The van der Waals surface area contributed by atoms with Gasteiger partial charge in [-0.15, -0.1) is 5.10 Å². The van der Waals surface area contributed by atoms with Gasteiger partial charge in [0.1, 0.15) is 11.8 Å². The predicted molar refractivity (Wildman–Crippen MR) is 94.8 cm³/mol. The van der Waals surface area contributed by atoms with E-state index < -0.39 is 4.92 Å². The van der Waals surface area contributed by atoms with E-state index in [1.807, 2.05) is 36.4 Å². The van der Waals surface area contributed by atoms with E-state index in [0.717, 1.165) is 5.69 Å². The fourth-order valence-electron chi connectivity index (χ4n) is 2.46. The van der Waals surface area contributed by atoms with Crippen LogP contribution in [0.25, 0.3) is 16.9 Å². The van der Waals surface area contributed by atoms with Gasteiger partial charge in [0.2, 0.25) is 11.6 Å². The van der Waals surface area contributed by atoms with Gasteiger partial charge in [-0.1, -0.05) is 35.5 Å². The Morgan fingerprint density at radius 1 is 0.962 bits per heavy atom. The van der Waals surface area contributed by atoms with Crippen LogP contribution < -0.4 is 10.9 Å². The zero-order chi connectivity index (χ0) is 17.9. The average Bonchev–Trinajstić information content (AvgIpc) is 3.10. The largest absolute Gasteiger partial charge is 0.357 e. The zero-order valence-corrected chi connectivity index (χ0v) is 13.3. The third kappa shape index (κ3) is 2.75. The molecule has 0 atom stereocenters. The molecule has 2 aromatic heterocycles. The Morgan fingerprint density at radius 2 is 1.73 bits per heavy atom. The minimum absolute atomic E-state index is 0.0171. The van der Waals surface area contributed by atoms with Gasteiger partial charge in [-0.3, -0.25) is 21.0 Å². The van der Waals surface area contributed by atoms with Gasteiger partial charge in [-0.2, -0.15) is 4.68 Å². The van der Waals surface area contributed by atoms with Gasteiger partial charge >= 0.3 is 5.69 Å². The van der Waals surface area contributed by atoms with Crippen molar-refractivity contribution in [2.45, 2.75) is 0 Å². The number of rotatable bonds is 5. The highest BCUT2D eigenvalue weighted by Crippen LogP contribution is 2.29. The van der Waals surface area contributed by atoms with Crippen molar-refractivity contribution in [2.24, 2.45) is 0 Å². The van der Waals surface area contributed by atoms with E-state index in [0.29, 0.717) is 11.0 Å². The van der Waals surface area contributed by atoms with Crippen LogP contribution in [0.4, 0.5) is 17.2 Å². The molecule has 10 nitrogen and oxygen atoms in total. The van der Waals surface area contributed by atoms with E-state index in [4.69, 9.17) is 0 Å². The summed E-state index contributed by atoms with van der Waals surface area (Å²) in [5.74, 6) is 0.0412. The maximum atomic E-state index is 11.7. The van der Waals surface area contributed by atoms with E-state index >= 15 is 0 Å². The highest BCUT2D eigenvalue weighted by atomic mass is 16.6. The molecule has 0 unspecified atom stereocenters. The molecule has 0 aliphatic rings. The lowest BCUT2D eigenvalue weighted by Gasteiger charge is -2.10. The highest BCUT2D eigenvalue weighted by molar-refractivity contribution is 5.77. The van der Waals surface area contributed by atoms with E-state index in [9.17, 15) is 10.1 Å². The lowest BCUT2D eigenvalue weighted by Crippen LogP contribution is -2.14. The van der Waals surface area contributed by atoms with Crippen LogP contribution in [0.2, 0.25) is 0 Å². The van der Waals surface area contributed by atoms with Gasteiger partial charge in [-0.05, 0) is 24.3 Å². The van der Waals surface area contributed by atoms with Crippen LogP contribution in [-0.4, -0.2) is 29.9 Å². The van der Waals surface area contributed by atoms with Crippen molar-refractivity contribution in [1.29, 1.82) is 0 Å². The number of aromatic nitrogens is 5. The number of anilines is 2. The second kappa shape index (κ2) is 6.43. The van der Waals surface area contributed by atoms with Crippen LogP contribution in [0.1, 0.15) is 0 Å². The topological polar surface area (TPSA) is 124 Å². The number of nitro groups is 1. The molecule has 128 valence electrons. The maximum absolute atomic E-state index is 11.7. The summed E-state index contributed by atoms with van der Waals surface area (Å²) in [6.45, 7) is 0. The van der Waals surface area contributed by atoms with Crippen LogP contribution in [0, 0.1) is 10.1 Å². The van der Waals surface area contributed by atoms with Crippen molar-refractivity contribution in [3.63, 3.8) is 0 Å². The third-order valence-electron chi connectivity index (χ3n) is 3.64.